The summed E-state index contributed by atoms with van der Waals surface area (Å²) in [7, 11) is 1.80. The quantitative estimate of drug-likeness (QED) is 0.682. The average molecular weight is 358 g/mol. The van der Waals surface area contributed by atoms with Crippen LogP contribution in [0.15, 0.2) is 41.3 Å². The molecular formula is C18H19FN4O3. The first-order valence-corrected chi connectivity index (χ1v) is 8.18. The smallest absolute Gasteiger partial charge is 0.343 e. The zero-order valence-electron chi connectivity index (χ0n) is 14.5. The zero-order chi connectivity index (χ0) is 18.7. The van der Waals surface area contributed by atoms with Gasteiger partial charge in [0.15, 0.2) is 5.65 Å². The second-order valence-corrected chi connectivity index (χ2v) is 5.92. The van der Waals surface area contributed by atoms with Gasteiger partial charge in [-0.3, -0.25) is 14.8 Å². The number of H-pyrrole nitrogens is 1. The van der Waals surface area contributed by atoms with E-state index >= 15 is 0 Å². The van der Waals surface area contributed by atoms with E-state index in [1.807, 2.05) is 4.90 Å². The van der Waals surface area contributed by atoms with E-state index in [1.165, 1.54) is 22.8 Å². The molecule has 2 heterocycles. The topological polar surface area (TPSA) is 79.7 Å². The van der Waals surface area contributed by atoms with Gasteiger partial charge in [-0.2, -0.15) is 0 Å². The Bertz CT molecular complexity index is 996. The lowest BCUT2D eigenvalue weighted by Gasteiger charge is -2.16. The Morgan fingerprint density at radius 1 is 1.35 bits per heavy atom. The first-order valence-electron chi connectivity index (χ1n) is 8.18. The summed E-state index contributed by atoms with van der Waals surface area (Å²) in [5, 5.41) is 2.70. The minimum atomic E-state index is -0.546. The van der Waals surface area contributed by atoms with Crippen molar-refractivity contribution in [1.82, 2.24) is 19.5 Å². The van der Waals surface area contributed by atoms with Gasteiger partial charge in [0.05, 0.1) is 12.3 Å². The molecule has 0 fully saturated rings. The van der Waals surface area contributed by atoms with Crippen molar-refractivity contribution in [2.75, 3.05) is 13.7 Å². The van der Waals surface area contributed by atoms with Crippen LogP contribution in [0.2, 0.25) is 0 Å². The normalized spacial score (nSPS) is 11.2. The standard InChI is InChI=1S/C18H19FN4O3/c1-3-26-18(25)14-9-20-23-16(24)8-13(21-17(14)23)11-22(2)10-12-6-4-5-7-15(12)19/h4-9,20H,3,10-11H2,1-2H3. The highest BCUT2D eigenvalue weighted by Gasteiger charge is 2.17. The van der Waals surface area contributed by atoms with Crippen LogP contribution in [0.5, 0.6) is 0 Å². The summed E-state index contributed by atoms with van der Waals surface area (Å²) in [5.74, 6) is -0.826. The Hall–Kier alpha value is -3.00. The number of carbonyl (C=O) groups excluding carboxylic acids is 1. The second kappa shape index (κ2) is 7.49. The van der Waals surface area contributed by atoms with Gasteiger partial charge in [-0.1, -0.05) is 18.2 Å². The summed E-state index contributed by atoms with van der Waals surface area (Å²) in [6.45, 7) is 2.63. The average Bonchev–Trinajstić information content (AvgIpc) is 3.01. The van der Waals surface area contributed by atoms with Crippen LogP contribution in [0, 0.1) is 5.82 Å². The van der Waals surface area contributed by atoms with Gasteiger partial charge >= 0.3 is 5.97 Å². The van der Waals surface area contributed by atoms with Crippen molar-refractivity contribution < 1.29 is 13.9 Å². The predicted octanol–water partition coefficient (Wildman–Crippen LogP) is 1.97. The number of esters is 1. The van der Waals surface area contributed by atoms with E-state index in [1.54, 1.807) is 32.2 Å². The van der Waals surface area contributed by atoms with Crippen LogP contribution in [0.1, 0.15) is 28.5 Å². The highest BCUT2D eigenvalue weighted by Crippen LogP contribution is 2.12. The monoisotopic (exact) mass is 358 g/mol. The number of benzene rings is 1. The van der Waals surface area contributed by atoms with E-state index < -0.39 is 5.97 Å². The van der Waals surface area contributed by atoms with Crippen molar-refractivity contribution in [1.29, 1.82) is 0 Å². The van der Waals surface area contributed by atoms with E-state index in [9.17, 15) is 14.0 Å². The zero-order valence-corrected chi connectivity index (χ0v) is 14.5. The fourth-order valence-electron chi connectivity index (χ4n) is 2.72. The summed E-state index contributed by atoms with van der Waals surface area (Å²) in [4.78, 5) is 30.5. The number of fused-ring (bicyclic) bond motifs is 1. The van der Waals surface area contributed by atoms with Crippen molar-refractivity contribution in [3.05, 3.63) is 69.5 Å². The number of ether oxygens (including phenoxy) is 1. The number of aromatic amines is 1. The Labute approximate surface area is 149 Å². The first kappa shape index (κ1) is 17.8. The molecule has 0 saturated heterocycles. The number of carbonyl (C=O) groups is 1. The summed E-state index contributed by atoms with van der Waals surface area (Å²) < 4.78 is 20.0. The van der Waals surface area contributed by atoms with Crippen LogP contribution in [0.25, 0.3) is 5.65 Å². The summed E-state index contributed by atoms with van der Waals surface area (Å²) >= 11 is 0. The van der Waals surface area contributed by atoms with Crippen LogP contribution >= 0.6 is 0 Å². The van der Waals surface area contributed by atoms with Crippen molar-refractivity contribution in [3.8, 4) is 0 Å². The maximum Gasteiger partial charge on any atom is 0.343 e. The largest absolute Gasteiger partial charge is 0.462 e. The van der Waals surface area contributed by atoms with Crippen LogP contribution < -0.4 is 5.56 Å². The summed E-state index contributed by atoms with van der Waals surface area (Å²) in [5.41, 5.74) is 1.12. The van der Waals surface area contributed by atoms with Gasteiger partial charge in [0.25, 0.3) is 5.56 Å². The van der Waals surface area contributed by atoms with E-state index in [-0.39, 0.29) is 29.2 Å². The molecule has 3 aromatic rings. The third-order valence-electron chi connectivity index (χ3n) is 3.88. The molecule has 2 aromatic heterocycles. The minimum Gasteiger partial charge on any atom is -0.462 e. The highest BCUT2D eigenvalue weighted by molar-refractivity contribution is 5.95. The van der Waals surface area contributed by atoms with E-state index in [0.29, 0.717) is 24.3 Å². The molecule has 136 valence electrons. The van der Waals surface area contributed by atoms with Gasteiger partial charge in [0, 0.05) is 30.9 Å². The van der Waals surface area contributed by atoms with Crippen molar-refractivity contribution >= 4 is 11.6 Å². The van der Waals surface area contributed by atoms with Crippen molar-refractivity contribution in [3.63, 3.8) is 0 Å². The fraction of sp³-hybridized carbons (Fsp3) is 0.278. The number of aromatic nitrogens is 3. The Morgan fingerprint density at radius 3 is 2.85 bits per heavy atom. The van der Waals surface area contributed by atoms with E-state index in [0.717, 1.165) is 0 Å². The lowest BCUT2D eigenvalue weighted by atomic mass is 10.2. The molecule has 0 amide bonds. The molecule has 0 aliphatic heterocycles. The first-order chi connectivity index (χ1) is 12.5. The second-order valence-electron chi connectivity index (χ2n) is 5.92. The third kappa shape index (κ3) is 3.65. The molecule has 1 N–H and O–H groups in total. The van der Waals surface area contributed by atoms with Gasteiger partial charge in [-0.25, -0.2) is 18.7 Å². The highest BCUT2D eigenvalue weighted by atomic mass is 19.1. The molecule has 0 saturated carbocycles. The van der Waals surface area contributed by atoms with Gasteiger partial charge < -0.3 is 4.74 Å². The molecule has 0 aliphatic carbocycles. The third-order valence-corrected chi connectivity index (χ3v) is 3.88. The number of nitrogens with zero attached hydrogens (tertiary/aromatic N) is 3. The van der Waals surface area contributed by atoms with Crippen LogP contribution in [0.3, 0.4) is 0 Å². The fourth-order valence-corrected chi connectivity index (χ4v) is 2.72. The molecule has 0 radical (unpaired) electrons. The summed E-state index contributed by atoms with van der Waals surface area (Å²) in [6.07, 6.45) is 1.40. The Balaban J connectivity index is 1.86. The molecule has 0 spiro atoms. The maximum absolute atomic E-state index is 13.8. The number of halogens is 1. The van der Waals surface area contributed by atoms with Crippen molar-refractivity contribution in [2.24, 2.45) is 0 Å². The minimum absolute atomic E-state index is 0.197. The lowest BCUT2D eigenvalue weighted by molar-refractivity contribution is 0.0528. The lowest BCUT2D eigenvalue weighted by Crippen LogP contribution is -2.22. The number of nitrogens with one attached hydrogen (secondary N) is 1. The SMILES string of the molecule is CCOC(=O)c1c[nH]n2c(=O)cc(CN(C)Cc3ccccc3F)nc12. The Morgan fingerprint density at radius 2 is 2.12 bits per heavy atom. The molecule has 8 heteroatoms. The molecule has 7 nitrogen and oxygen atoms in total. The molecule has 26 heavy (non-hydrogen) atoms. The van der Waals surface area contributed by atoms with Crippen LogP contribution in [0.4, 0.5) is 4.39 Å². The Kier molecular flexibility index (Phi) is 5.13. The van der Waals surface area contributed by atoms with Crippen molar-refractivity contribution in [2.45, 2.75) is 20.0 Å². The molecule has 0 atom stereocenters. The van der Waals surface area contributed by atoms with Crippen LogP contribution in [-0.4, -0.2) is 39.1 Å². The van der Waals surface area contributed by atoms with E-state index in [2.05, 4.69) is 10.1 Å². The predicted molar refractivity (Wildman–Crippen MR) is 93.3 cm³/mol. The van der Waals surface area contributed by atoms with Gasteiger partial charge in [-0.05, 0) is 20.0 Å². The number of hydrogen-bond acceptors (Lipinski definition) is 5. The maximum atomic E-state index is 13.8. The van der Waals surface area contributed by atoms with E-state index in [4.69, 9.17) is 4.74 Å². The molecule has 3 rings (SSSR count). The summed E-state index contributed by atoms with van der Waals surface area (Å²) in [6, 6.07) is 7.91. The molecule has 0 bridgehead atoms. The number of hydrogen-bond donors (Lipinski definition) is 1. The van der Waals surface area contributed by atoms with Gasteiger partial charge in [0.1, 0.15) is 11.4 Å². The molecule has 0 aliphatic rings. The number of rotatable bonds is 6. The molecule has 0 unspecified atom stereocenters. The molecule has 1 aromatic carbocycles. The molecular weight excluding hydrogens is 339 g/mol. The van der Waals surface area contributed by atoms with Gasteiger partial charge in [-0.15, -0.1) is 0 Å². The van der Waals surface area contributed by atoms with Crippen LogP contribution in [-0.2, 0) is 17.8 Å². The van der Waals surface area contributed by atoms with Gasteiger partial charge in [0.2, 0.25) is 0 Å².